The molecule has 1 aliphatic rings. The van der Waals surface area contributed by atoms with Crippen LogP contribution in [0.4, 0.5) is 0 Å². The van der Waals surface area contributed by atoms with E-state index in [1.165, 1.54) is 0 Å². The molecule has 2 aromatic heterocycles. The number of amides is 2. The van der Waals surface area contributed by atoms with Gasteiger partial charge in [-0.05, 0) is 43.2 Å². The van der Waals surface area contributed by atoms with E-state index in [2.05, 4.69) is 20.2 Å². The molecule has 9 nitrogen and oxygen atoms in total. The molecule has 1 atom stereocenters. The molecule has 0 spiro atoms. The largest absolute Gasteiger partial charge is 0.497 e. The van der Waals surface area contributed by atoms with Crippen molar-refractivity contribution in [2.45, 2.75) is 25.8 Å². The Labute approximate surface area is 186 Å². The molecule has 3 heterocycles. The second-order valence-electron chi connectivity index (χ2n) is 7.75. The molecule has 3 aromatic rings. The predicted molar refractivity (Wildman–Crippen MR) is 117 cm³/mol. The molecule has 0 saturated carbocycles. The van der Waals surface area contributed by atoms with Gasteiger partial charge in [0.25, 0.3) is 5.91 Å². The summed E-state index contributed by atoms with van der Waals surface area (Å²) in [5.74, 6) is 1.81. The molecule has 166 valence electrons. The Balaban J connectivity index is 1.56. The molecule has 2 amide bonds. The van der Waals surface area contributed by atoms with Crippen LogP contribution in [-0.4, -0.2) is 68.5 Å². The van der Waals surface area contributed by atoms with Gasteiger partial charge in [0, 0.05) is 37.6 Å². The molecule has 1 aliphatic heterocycles. The van der Waals surface area contributed by atoms with Crippen molar-refractivity contribution in [3.63, 3.8) is 0 Å². The average Bonchev–Trinajstić information content (AvgIpc) is 3.13. The highest BCUT2D eigenvalue weighted by Gasteiger charge is 2.34. The van der Waals surface area contributed by atoms with Crippen LogP contribution in [0.3, 0.4) is 0 Å². The van der Waals surface area contributed by atoms with Crippen molar-refractivity contribution in [1.29, 1.82) is 0 Å². The number of aromatic amines is 1. The van der Waals surface area contributed by atoms with Crippen LogP contribution >= 0.6 is 0 Å². The number of aromatic nitrogens is 4. The van der Waals surface area contributed by atoms with Crippen molar-refractivity contribution in [3.8, 4) is 5.75 Å². The van der Waals surface area contributed by atoms with Crippen LogP contribution in [0.15, 0.2) is 48.8 Å². The Morgan fingerprint density at radius 2 is 1.88 bits per heavy atom. The number of pyridine rings is 1. The molecule has 32 heavy (non-hydrogen) atoms. The normalized spacial score (nSPS) is 16.5. The predicted octanol–water partition coefficient (Wildman–Crippen LogP) is 2.18. The van der Waals surface area contributed by atoms with Gasteiger partial charge in [0.1, 0.15) is 17.6 Å². The smallest absolute Gasteiger partial charge is 0.254 e. The van der Waals surface area contributed by atoms with E-state index in [1.807, 2.05) is 31.2 Å². The van der Waals surface area contributed by atoms with Crippen LogP contribution < -0.4 is 4.74 Å². The van der Waals surface area contributed by atoms with Crippen molar-refractivity contribution in [2.24, 2.45) is 0 Å². The molecular formula is C23H26N6O3. The van der Waals surface area contributed by atoms with E-state index in [0.29, 0.717) is 43.3 Å². The van der Waals surface area contributed by atoms with Crippen LogP contribution in [-0.2, 0) is 11.2 Å². The number of nitrogens with one attached hydrogen (secondary N) is 1. The van der Waals surface area contributed by atoms with Gasteiger partial charge >= 0.3 is 0 Å². The highest BCUT2D eigenvalue weighted by molar-refractivity contribution is 5.94. The number of H-pyrrole nitrogens is 1. The number of hydrogen-bond donors (Lipinski definition) is 1. The van der Waals surface area contributed by atoms with Crippen molar-refractivity contribution in [2.75, 3.05) is 26.7 Å². The minimum atomic E-state index is -0.442. The summed E-state index contributed by atoms with van der Waals surface area (Å²) < 4.78 is 5.19. The van der Waals surface area contributed by atoms with Gasteiger partial charge in [0.2, 0.25) is 5.91 Å². The number of ether oxygens (including phenoxy) is 1. The number of methoxy groups -OCH3 is 1. The van der Waals surface area contributed by atoms with Crippen molar-refractivity contribution in [3.05, 3.63) is 71.6 Å². The number of rotatable bonds is 5. The number of nitrogens with zero attached hydrogens (tertiary/aromatic N) is 5. The topological polar surface area (TPSA) is 104 Å². The van der Waals surface area contributed by atoms with Crippen LogP contribution in [0.2, 0.25) is 0 Å². The quantitative estimate of drug-likeness (QED) is 0.660. The van der Waals surface area contributed by atoms with E-state index in [9.17, 15) is 9.59 Å². The standard InChI is InChI=1S/C23H26N6O3/c1-16-25-22(27-26-16)20-15-28(21(30)14-17-4-6-19(32-2)7-5-17)12-3-13-29(20)23(31)18-8-10-24-11-9-18/h4-11,20H,3,12-15H2,1-2H3,(H,25,26,27). The van der Waals surface area contributed by atoms with Crippen LogP contribution in [0.1, 0.15) is 40.0 Å². The van der Waals surface area contributed by atoms with E-state index >= 15 is 0 Å². The van der Waals surface area contributed by atoms with E-state index in [4.69, 9.17) is 4.74 Å². The number of hydrogen-bond acceptors (Lipinski definition) is 6. The number of aryl methyl sites for hydroxylation is 1. The summed E-state index contributed by atoms with van der Waals surface area (Å²) in [6.45, 7) is 3.22. The van der Waals surface area contributed by atoms with Gasteiger partial charge in [-0.3, -0.25) is 19.7 Å². The second-order valence-corrected chi connectivity index (χ2v) is 7.75. The zero-order valence-electron chi connectivity index (χ0n) is 18.2. The van der Waals surface area contributed by atoms with Crippen LogP contribution in [0, 0.1) is 6.92 Å². The zero-order valence-corrected chi connectivity index (χ0v) is 18.2. The fourth-order valence-electron chi connectivity index (χ4n) is 3.88. The highest BCUT2D eigenvalue weighted by Crippen LogP contribution is 2.25. The molecule has 0 aliphatic carbocycles. The second kappa shape index (κ2) is 9.59. The third-order valence-corrected chi connectivity index (χ3v) is 5.56. The lowest BCUT2D eigenvalue weighted by Gasteiger charge is -2.30. The van der Waals surface area contributed by atoms with Crippen LogP contribution in [0.5, 0.6) is 5.75 Å². The fraction of sp³-hybridized carbons (Fsp3) is 0.348. The maximum absolute atomic E-state index is 13.3. The van der Waals surface area contributed by atoms with E-state index in [0.717, 1.165) is 11.3 Å². The summed E-state index contributed by atoms with van der Waals surface area (Å²) in [5.41, 5.74) is 1.46. The zero-order chi connectivity index (χ0) is 22.5. The Kier molecular flexibility index (Phi) is 6.44. The first-order valence-electron chi connectivity index (χ1n) is 10.6. The Bertz CT molecular complexity index is 1070. The first-order chi connectivity index (χ1) is 15.5. The Morgan fingerprint density at radius 1 is 1.12 bits per heavy atom. The Morgan fingerprint density at radius 3 is 2.53 bits per heavy atom. The SMILES string of the molecule is COc1ccc(CC(=O)N2CCCN(C(=O)c3ccncc3)C(c3n[nH]c(C)n3)C2)cc1. The summed E-state index contributed by atoms with van der Waals surface area (Å²) in [5, 5.41) is 7.17. The summed E-state index contributed by atoms with van der Waals surface area (Å²) in [4.78, 5) is 38.5. The third kappa shape index (κ3) is 4.77. The molecule has 4 rings (SSSR count). The van der Waals surface area contributed by atoms with E-state index in [1.54, 1.807) is 41.4 Å². The molecule has 9 heteroatoms. The summed E-state index contributed by atoms with van der Waals surface area (Å²) in [7, 11) is 1.61. The summed E-state index contributed by atoms with van der Waals surface area (Å²) >= 11 is 0. The van der Waals surface area contributed by atoms with Crippen molar-refractivity contribution >= 4 is 11.8 Å². The molecule has 1 fully saturated rings. The monoisotopic (exact) mass is 434 g/mol. The van der Waals surface area contributed by atoms with Gasteiger partial charge in [-0.2, -0.15) is 5.10 Å². The minimum absolute atomic E-state index is 0.00522. The lowest BCUT2D eigenvalue weighted by molar-refractivity contribution is -0.130. The molecule has 0 radical (unpaired) electrons. The van der Waals surface area contributed by atoms with Gasteiger partial charge in [-0.15, -0.1) is 0 Å². The van der Waals surface area contributed by atoms with Gasteiger partial charge < -0.3 is 14.5 Å². The lowest BCUT2D eigenvalue weighted by atomic mass is 10.1. The van der Waals surface area contributed by atoms with Gasteiger partial charge in [-0.1, -0.05) is 12.1 Å². The maximum Gasteiger partial charge on any atom is 0.254 e. The highest BCUT2D eigenvalue weighted by atomic mass is 16.5. The molecule has 1 unspecified atom stereocenters. The summed E-state index contributed by atoms with van der Waals surface area (Å²) in [6.07, 6.45) is 4.15. The third-order valence-electron chi connectivity index (χ3n) is 5.56. The lowest BCUT2D eigenvalue weighted by Crippen LogP contribution is -2.41. The minimum Gasteiger partial charge on any atom is -0.497 e. The molecule has 1 N–H and O–H groups in total. The average molecular weight is 435 g/mol. The number of carbonyl (C=O) groups excluding carboxylic acids is 2. The van der Waals surface area contributed by atoms with Crippen molar-refractivity contribution in [1.82, 2.24) is 30.0 Å². The van der Waals surface area contributed by atoms with Gasteiger partial charge in [-0.25, -0.2) is 4.98 Å². The number of benzene rings is 1. The first-order valence-corrected chi connectivity index (χ1v) is 10.6. The van der Waals surface area contributed by atoms with E-state index < -0.39 is 6.04 Å². The fourth-order valence-corrected chi connectivity index (χ4v) is 3.88. The molecule has 1 aromatic carbocycles. The number of carbonyl (C=O) groups is 2. The molecule has 0 bridgehead atoms. The molecule has 1 saturated heterocycles. The van der Waals surface area contributed by atoms with E-state index in [-0.39, 0.29) is 18.2 Å². The Hall–Kier alpha value is -3.75. The van der Waals surface area contributed by atoms with Crippen molar-refractivity contribution < 1.29 is 14.3 Å². The van der Waals surface area contributed by atoms with Gasteiger partial charge in [0.05, 0.1) is 13.5 Å². The first kappa shape index (κ1) is 21.5. The molecular weight excluding hydrogens is 408 g/mol. The van der Waals surface area contributed by atoms with Crippen LogP contribution in [0.25, 0.3) is 0 Å². The summed E-state index contributed by atoms with van der Waals surface area (Å²) in [6, 6.07) is 10.4. The maximum atomic E-state index is 13.3. The van der Waals surface area contributed by atoms with Gasteiger partial charge in [0.15, 0.2) is 5.82 Å².